The van der Waals surface area contributed by atoms with Crippen molar-refractivity contribution in [3.8, 4) is 5.75 Å². The molecular weight excluding hydrogens is 226 g/mol. The average Bonchev–Trinajstić information content (AvgIpc) is 2.61. The summed E-state index contributed by atoms with van der Waals surface area (Å²) in [5.74, 6) is 0.277. The number of imidazole rings is 1. The number of rotatable bonds is 3. The molecule has 0 atom stereocenters. The molecule has 0 bridgehead atoms. The van der Waals surface area contributed by atoms with Crippen molar-refractivity contribution in [1.82, 2.24) is 9.38 Å². The predicted octanol–water partition coefficient (Wildman–Crippen LogP) is 2.67. The van der Waals surface area contributed by atoms with Gasteiger partial charge in [0, 0.05) is 12.4 Å². The zero-order valence-corrected chi connectivity index (χ0v) is 8.29. The van der Waals surface area contributed by atoms with Gasteiger partial charge in [-0.25, -0.2) is 4.98 Å². The van der Waals surface area contributed by atoms with Crippen molar-refractivity contribution in [3.05, 3.63) is 30.2 Å². The summed E-state index contributed by atoms with van der Waals surface area (Å²) in [7, 11) is 0. The van der Waals surface area contributed by atoms with Crippen LogP contribution in [0.5, 0.6) is 5.75 Å². The molecule has 0 unspecified atom stereocenters. The van der Waals surface area contributed by atoms with E-state index in [-0.39, 0.29) is 11.6 Å². The second kappa shape index (κ2) is 4.02. The van der Waals surface area contributed by atoms with Gasteiger partial charge < -0.3 is 9.14 Å². The van der Waals surface area contributed by atoms with E-state index in [1.165, 1.54) is 6.07 Å². The normalized spacial score (nSPS) is 11.2. The molecule has 0 aromatic carbocycles. The summed E-state index contributed by atoms with van der Waals surface area (Å²) in [4.78, 5) is 4.06. The van der Waals surface area contributed by atoms with Crippen LogP contribution < -0.4 is 4.74 Å². The highest BCUT2D eigenvalue weighted by molar-refractivity contribution is 6.16. The van der Waals surface area contributed by atoms with E-state index in [1.54, 1.807) is 22.9 Å². The second-order valence-electron chi connectivity index (χ2n) is 2.85. The van der Waals surface area contributed by atoms with Crippen molar-refractivity contribution in [1.29, 1.82) is 0 Å². The maximum atomic E-state index is 12.1. The van der Waals surface area contributed by atoms with E-state index in [0.29, 0.717) is 11.3 Å². The van der Waals surface area contributed by atoms with Crippen LogP contribution in [0.3, 0.4) is 0 Å². The Morgan fingerprint density at radius 1 is 1.53 bits per heavy atom. The molecule has 0 fully saturated rings. The largest absolute Gasteiger partial charge is 0.431 e. The fourth-order valence-corrected chi connectivity index (χ4v) is 1.42. The molecule has 3 nitrogen and oxygen atoms in total. The van der Waals surface area contributed by atoms with Gasteiger partial charge in [-0.2, -0.15) is 8.78 Å². The van der Waals surface area contributed by atoms with Gasteiger partial charge in [-0.1, -0.05) is 0 Å². The third-order valence-corrected chi connectivity index (χ3v) is 2.12. The molecule has 0 spiro atoms. The molecule has 0 N–H and O–H groups in total. The zero-order chi connectivity index (χ0) is 10.8. The summed E-state index contributed by atoms with van der Waals surface area (Å²) >= 11 is 5.59. The molecule has 2 aromatic heterocycles. The molecule has 2 aromatic rings. The third kappa shape index (κ3) is 2.02. The van der Waals surface area contributed by atoms with E-state index in [9.17, 15) is 8.78 Å². The molecule has 0 aliphatic carbocycles. The topological polar surface area (TPSA) is 26.5 Å². The van der Waals surface area contributed by atoms with Crippen molar-refractivity contribution < 1.29 is 13.5 Å². The van der Waals surface area contributed by atoms with Crippen LogP contribution in [-0.2, 0) is 5.88 Å². The minimum Gasteiger partial charge on any atom is -0.431 e. The first-order chi connectivity index (χ1) is 7.20. The monoisotopic (exact) mass is 232 g/mol. The SMILES string of the molecule is FC(F)Oc1cccn2cc(CCl)nc12. The van der Waals surface area contributed by atoms with Gasteiger partial charge >= 0.3 is 6.61 Å². The van der Waals surface area contributed by atoms with Gasteiger partial charge in [-0.15, -0.1) is 11.6 Å². The molecule has 2 rings (SSSR count). The lowest BCUT2D eigenvalue weighted by Crippen LogP contribution is -2.03. The van der Waals surface area contributed by atoms with Crippen molar-refractivity contribution in [3.63, 3.8) is 0 Å². The Hall–Kier alpha value is -1.36. The quantitative estimate of drug-likeness (QED) is 0.761. The van der Waals surface area contributed by atoms with E-state index >= 15 is 0 Å². The minimum atomic E-state index is -2.85. The Kier molecular flexibility index (Phi) is 2.73. The zero-order valence-electron chi connectivity index (χ0n) is 7.53. The number of ether oxygens (including phenoxy) is 1. The van der Waals surface area contributed by atoms with Gasteiger partial charge in [0.05, 0.1) is 11.6 Å². The van der Waals surface area contributed by atoms with Crippen LogP contribution in [0.25, 0.3) is 5.65 Å². The molecule has 15 heavy (non-hydrogen) atoms. The Labute approximate surface area is 89.2 Å². The first-order valence-corrected chi connectivity index (χ1v) is 4.71. The summed E-state index contributed by atoms with van der Waals surface area (Å²) in [6.07, 6.45) is 3.36. The van der Waals surface area contributed by atoms with Crippen LogP contribution in [0.2, 0.25) is 0 Å². The fraction of sp³-hybridized carbons (Fsp3) is 0.222. The van der Waals surface area contributed by atoms with E-state index in [0.717, 1.165) is 0 Å². The lowest BCUT2D eigenvalue weighted by molar-refractivity contribution is -0.0491. The van der Waals surface area contributed by atoms with Gasteiger partial charge in [0.15, 0.2) is 11.4 Å². The number of pyridine rings is 1. The lowest BCUT2D eigenvalue weighted by Gasteiger charge is -2.04. The first-order valence-electron chi connectivity index (χ1n) is 4.18. The predicted molar refractivity (Wildman–Crippen MR) is 51.4 cm³/mol. The van der Waals surface area contributed by atoms with Gasteiger partial charge in [0.2, 0.25) is 0 Å². The van der Waals surface area contributed by atoms with Crippen molar-refractivity contribution in [2.75, 3.05) is 0 Å². The number of hydrogen-bond acceptors (Lipinski definition) is 2. The van der Waals surface area contributed by atoms with Crippen LogP contribution in [0.4, 0.5) is 8.78 Å². The Bertz CT molecular complexity index is 472. The summed E-state index contributed by atoms with van der Waals surface area (Å²) in [6.45, 7) is -2.85. The molecule has 0 saturated carbocycles. The van der Waals surface area contributed by atoms with E-state index in [2.05, 4.69) is 9.72 Å². The van der Waals surface area contributed by atoms with E-state index in [1.807, 2.05) is 0 Å². The van der Waals surface area contributed by atoms with E-state index in [4.69, 9.17) is 11.6 Å². The maximum absolute atomic E-state index is 12.1. The van der Waals surface area contributed by atoms with Crippen LogP contribution >= 0.6 is 11.6 Å². The first kappa shape index (κ1) is 10.2. The molecule has 6 heteroatoms. The average molecular weight is 233 g/mol. The van der Waals surface area contributed by atoms with Gasteiger partial charge in [0.25, 0.3) is 0 Å². The van der Waals surface area contributed by atoms with Gasteiger partial charge in [-0.3, -0.25) is 0 Å². The minimum absolute atomic E-state index is 0.0452. The molecule has 0 radical (unpaired) electrons. The summed E-state index contributed by atoms with van der Waals surface area (Å²) in [6, 6.07) is 3.04. The highest BCUT2D eigenvalue weighted by atomic mass is 35.5. The van der Waals surface area contributed by atoms with Gasteiger partial charge in [-0.05, 0) is 12.1 Å². The Balaban J connectivity index is 2.49. The molecule has 80 valence electrons. The fourth-order valence-electron chi connectivity index (χ4n) is 1.29. The highest BCUT2D eigenvalue weighted by Crippen LogP contribution is 2.21. The third-order valence-electron chi connectivity index (χ3n) is 1.85. The summed E-state index contributed by atoms with van der Waals surface area (Å²) in [5.41, 5.74) is 0.954. The van der Waals surface area contributed by atoms with Gasteiger partial charge in [0.1, 0.15) is 0 Å². The van der Waals surface area contributed by atoms with Crippen molar-refractivity contribution >= 4 is 17.2 Å². The van der Waals surface area contributed by atoms with Crippen molar-refractivity contribution in [2.24, 2.45) is 0 Å². The summed E-state index contributed by atoms with van der Waals surface area (Å²) < 4.78 is 30.0. The molecule has 0 amide bonds. The molecule has 0 aliphatic rings. The summed E-state index contributed by atoms with van der Waals surface area (Å²) in [5, 5.41) is 0. The number of nitrogens with zero attached hydrogens (tertiary/aromatic N) is 2. The molecular formula is C9H7ClF2N2O. The maximum Gasteiger partial charge on any atom is 0.387 e. The number of alkyl halides is 3. The smallest absolute Gasteiger partial charge is 0.387 e. The van der Waals surface area contributed by atoms with Crippen LogP contribution in [-0.4, -0.2) is 16.0 Å². The standard InChI is InChI=1S/C9H7ClF2N2O/c10-4-6-5-14-3-1-2-7(8(14)13-6)15-9(11)12/h1-3,5,9H,4H2. The molecule has 2 heterocycles. The second-order valence-corrected chi connectivity index (χ2v) is 3.11. The molecule has 0 saturated heterocycles. The van der Waals surface area contributed by atoms with Crippen molar-refractivity contribution in [2.45, 2.75) is 12.5 Å². The van der Waals surface area contributed by atoms with E-state index < -0.39 is 6.61 Å². The van der Waals surface area contributed by atoms with Crippen LogP contribution in [0.15, 0.2) is 24.5 Å². The van der Waals surface area contributed by atoms with Crippen LogP contribution in [0.1, 0.15) is 5.69 Å². The van der Waals surface area contributed by atoms with Crippen LogP contribution in [0, 0.1) is 0 Å². The molecule has 0 aliphatic heterocycles. The number of halogens is 3. The highest BCUT2D eigenvalue weighted by Gasteiger charge is 2.10. The lowest BCUT2D eigenvalue weighted by atomic mass is 10.4. The Morgan fingerprint density at radius 2 is 2.33 bits per heavy atom. The number of hydrogen-bond donors (Lipinski definition) is 0. The number of fused-ring (bicyclic) bond motifs is 1. The number of aromatic nitrogens is 2. The Morgan fingerprint density at radius 3 is 3.00 bits per heavy atom.